The molecule has 7 nitrogen and oxygen atoms in total. The summed E-state index contributed by atoms with van der Waals surface area (Å²) >= 11 is 0. The van der Waals surface area contributed by atoms with Crippen LogP contribution in [-0.4, -0.2) is 46.7 Å². The fraction of sp³-hybridized carbons (Fsp3) is 0.611. The molecule has 0 radical (unpaired) electrons. The molecule has 8 heteroatoms. The Hall–Kier alpha value is -2.38. The van der Waals surface area contributed by atoms with Gasteiger partial charge in [-0.15, -0.1) is 0 Å². The van der Waals surface area contributed by atoms with Crippen LogP contribution in [0.3, 0.4) is 0 Å². The summed E-state index contributed by atoms with van der Waals surface area (Å²) in [5.74, 6) is -0.590. The normalized spacial score (nSPS) is 19.2. The highest BCUT2D eigenvalue weighted by molar-refractivity contribution is 5.71. The summed E-state index contributed by atoms with van der Waals surface area (Å²) in [6.45, 7) is 7.06. The number of hydrogen-bond donors (Lipinski definition) is 0. The largest absolute Gasteiger partial charge is 0.444 e. The average molecular weight is 365 g/mol. The van der Waals surface area contributed by atoms with Crippen LogP contribution in [0.15, 0.2) is 18.2 Å². The molecule has 1 aromatic carbocycles. The molecule has 2 fully saturated rings. The summed E-state index contributed by atoms with van der Waals surface area (Å²) in [6, 6.07) is 3.90. The Bertz CT molecular complexity index is 724. The number of piperidine rings is 1. The molecule has 1 aromatic rings. The van der Waals surface area contributed by atoms with E-state index >= 15 is 0 Å². The van der Waals surface area contributed by atoms with Gasteiger partial charge in [0, 0.05) is 25.7 Å². The van der Waals surface area contributed by atoms with E-state index in [1.807, 2.05) is 20.8 Å². The number of anilines is 1. The van der Waals surface area contributed by atoms with Crippen molar-refractivity contribution in [3.8, 4) is 0 Å². The van der Waals surface area contributed by atoms with Crippen molar-refractivity contribution < 1.29 is 18.8 Å². The fourth-order valence-electron chi connectivity index (χ4n) is 3.77. The van der Waals surface area contributed by atoms with E-state index in [1.54, 1.807) is 9.80 Å². The molecule has 0 aliphatic carbocycles. The number of para-hydroxylation sites is 1. The maximum Gasteiger partial charge on any atom is 0.410 e. The van der Waals surface area contributed by atoms with Crippen molar-refractivity contribution in [2.75, 3.05) is 24.5 Å². The molecule has 2 aliphatic heterocycles. The first-order chi connectivity index (χ1) is 12.1. The number of benzene rings is 1. The highest BCUT2D eigenvalue weighted by atomic mass is 19.1. The quantitative estimate of drug-likeness (QED) is 0.590. The molecule has 0 saturated carbocycles. The number of rotatable bonds is 2. The van der Waals surface area contributed by atoms with Gasteiger partial charge in [0.05, 0.1) is 10.5 Å². The average Bonchev–Trinajstić information content (AvgIpc) is 2.52. The summed E-state index contributed by atoms with van der Waals surface area (Å²) in [4.78, 5) is 26.5. The second kappa shape index (κ2) is 6.41. The number of amides is 1. The van der Waals surface area contributed by atoms with Gasteiger partial charge >= 0.3 is 6.09 Å². The molecular formula is C18H24FN3O4. The van der Waals surface area contributed by atoms with Gasteiger partial charge in [-0.2, -0.15) is 0 Å². The predicted molar refractivity (Wildman–Crippen MR) is 94.8 cm³/mol. The smallest absolute Gasteiger partial charge is 0.410 e. The zero-order valence-corrected chi connectivity index (χ0v) is 15.3. The van der Waals surface area contributed by atoms with Crippen LogP contribution in [0.2, 0.25) is 0 Å². The molecule has 0 unspecified atom stereocenters. The molecule has 142 valence electrons. The van der Waals surface area contributed by atoms with Gasteiger partial charge < -0.3 is 14.5 Å². The van der Waals surface area contributed by atoms with Crippen LogP contribution in [-0.2, 0) is 4.74 Å². The first-order valence-corrected chi connectivity index (χ1v) is 8.81. The number of halogens is 1. The van der Waals surface area contributed by atoms with Gasteiger partial charge in [0.2, 0.25) is 0 Å². The molecule has 2 aliphatic rings. The second-order valence-corrected chi connectivity index (χ2v) is 7.96. The maximum atomic E-state index is 14.2. The van der Waals surface area contributed by atoms with Crippen LogP contribution >= 0.6 is 0 Å². The molecule has 2 saturated heterocycles. The van der Waals surface area contributed by atoms with Crippen molar-refractivity contribution >= 4 is 17.5 Å². The number of nitrogens with zero attached hydrogens (tertiary/aromatic N) is 3. The lowest BCUT2D eigenvalue weighted by Crippen LogP contribution is -2.66. The van der Waals surface area contributed by atoms with Crippen LogP contribution in [0.1, 0.15) is 40.0 Å². The molecule has 0 N–H and O–H groups in total. The molecular weight excluding hydrogens is 341 g/mol. The molecule has 1 spiro atoms. The second-order valence-electron chi connectivity index (χ2n) is 7.96. The first kappa shape index (κ1) is 18.4. The third kappa shape index (κ3) is 3.32. The number of nitro benzene ring substituents is 1. The number of carbonyl (C=O) groups is 1. The minimum absolute atomic E-state index is 0.0375. The van der Waals surface area contributed by atoms with Gasteiger partial charge in [-0.3, -0.25) is 10.1 Å². The SMILES string of the molecule is CC(C)(C)OC(=O)N1CCC12CCN(c1c(F)cccc1[N+](=O)[O-])CC2. The number of carbonyl (C=O) groups excluding carboxylic acids is 1. The predicted octanol–water partition coefficient (Wildman–Crippen LogP) is 3.71. The third-order valence-corrected chi connectivity index (χ3v) is 5.16. The Labute approximate surface area is 151 Å². The molecule has 0 aromatic heterocycles. The highest BCUT2D eigenvalue weighted by Gasteiger charge is 2.50. The van der Waals surface area contributed by atoms with Gasteiger partial charge in [-0.1, -0.05) is 6.07 Å². The highest BCUT2D eigenvalue weighted by Crippen LogP contribution is 2.43. The van der Waals surface area contributed by atoms with E-state index in [4.69, 9.17) is 4.74 Å². The van der Waals surface area contributed by atoms with Gasteiger partial charge in [-0.25, -0.2) is 9.18 Å². The molecule has 0 atom stereocenters. The van der Waals surface area contributed by atoms with Crippen molar-refractivity contribution in [3.05, 3.63) is 34.1 Å². The minimum atomic E-state index is -0.590. The fourth-order valence-corrected chi connectivity index (χ4v) is 3.77. The summed E-state index contributed by atoms with van der Waals surface area (Å²) in [7, 11) is 0. The topological polar surface area (TPSA) is 75.9 Å². The van der Waals surface area contributed by atoms with Crippen LogP contribution < -0.4 is 4.90 Å². The van der Waals surface area contributed by atoms with E-state index in [1.165, 1.54) is 18.2 Å². The Morgan fingerprint density at radius 3 is 2.35 bits per heavy atom. The van der Waals surface area contributed by atoms with Crippen LogP contribution in [0.4, 0.5) is 20.6 Å². The van der Waals surface area contributed by atoms with Crippen molar-refractivity contribution in [3.63, 3.8) is 0 Å². The standard InChI is InChI=1S/C18H24FN3O4/c1-17(2,3)26-16(23)21-12-9-18(21)7-10-20(11-8-18)15-13(19)5-4-6-14(15)22(24)25/h4-6H,7-12H2,1-3H3. The number of nitro groups is 1. The Balaban J connectivity index is 1.72. The Kier molecular flexibility index (Phi) is 4.54. The van der Waals surface area contributed by atoms with Crippen molar-refractivity contribution in [2.45, 2.75) is 51.2 Å². The number of hydrogen-bond acceptors (Lipinski definition) is 5. The van der Waals surface area contributed by atoms with Crippen molar-refractivity contribution in [1.29, 1.82) is 0 Å². The van der Waals surface area contributed by atoms with Crippen molar-refractivity contribution in [2.24, 2.45) is 0 Å². The van der Waals surface area contributed by atoms with E-state index < -0.39 is 16.3 Å². The van der Waals surface area contributed by atoms with Gasteiger partial charge in [0.1, 0.15) is 5.60 Å². The van der Waals surface area contributed by atoms with Gasteiger partial charge in [0.15, 0.2) is 11.5 Å². The monoisotopic (exact) mass is 365 g/mol. The van der Waals surface area contributed by atoms with E-state index in [2.05, 4.69) is 0 Å². The number of ether oxygens (including phenoxy) is 1. The molecule has 2 heterocycles. The van der Waals surface area contributed by atoms with Crippen molar-refractivity contribution in [1.82, 2.24) is 4.90 Å². The van der Waals surface area contributed by atoms with E-state index in [9.17, 15) is 19.3 Å². The third-order valence-electron chi connectivity index (χ3n) is 5.16. The summed E-state index contributed by atoms with van der Waals surface area (Å²) in [6.07, 6.45) is 1.82. The minimum Gasteiger partial charge on any atom is -0.444 e. The zero-order valence-electron chi connectivity index (χ0n) is 15.3. The molecule has 0 bridgehead atoms. The zero-order chi connectivity index (χ0) is 19.1. The van der Waals surface area contributed by atoms with Gasteiger partial charge in [-0.05, 0) is 46.1 Å². The summed E-state index contributed by atoms with van der Waals surface area (Å²) in [5, 5.41) is 11.2. The maximum absolute atomic E-state index is 14.2. The van der Waals surface area contributed by atoms with E-state index in [0.717, 1.165) is 6.42 Å². The van der Waals surface area contributed by atoms with Crippen LogP contribution in [0.5, 0.6) is 0 Å². The van der Waals surface area contributed by atoms with Crippen LogP contribution in [0, 0.1) is 15.9 Å². The van der Waals surface area contributed by atoms with E-state index in [-0.39, 0.29) is 23.0 Å². The Morgan fingerprint density at radius 2 is 1.85 bits per heavy atom. The number of likely N-dealkylation sites (tertiary alicyclic amines) is 1. The van der Waals surface area contributed by atoms with Crippen LogP contribution in [0.25, 0.3) is 0 Å². The molecule has 1 amide bonds. The lowest BCUT2D eigenvalue weighted by Gasteiger charge is -2.56. The summed E-state index contributed by atoms with van der Waals surface area (Å²) in [5.41, 5.74) is -1.02. The summed E-state index contributed by atoms with van der Waals surface area (Å²) < 4.78 is 19.7. The molecule has 26 heavy (non-hydrogen) atoms. The van der Waals surface area contributed by atoms with E-state index in [0.29, 0.717) is 32.5 Å². The lowest BCUT2D eigenvalue weighted by molar-refractivity contribution is -0.384. The lowest BCUT2D eigenvalue weighted by atomic mass is 9.76. The first-order valence-electron chi connectivity index (χ1n) is 8.81. The molecule has 3 rings (SSSR count). The Morgan fingerprint density at radius 1 is 1.23 bits per heavy atom. The van der Waals surface area contributed by atoms with Gasteiger partial charge in [0.25, 0.3) is 5.69 Å².